The van der Waals surface area contributed by atoms with Gasteiger partial charge in [0.05, 0.1) is 0 Å². The molecule has 1 heterocycles. The number of piperidine rings is 1. The van der Waals surface area contributed by atoms with Crippen LogP contribution < -0.4 is 5.32 Å². The second-order valence-electron chi connectivity index (χ2n) is 7.63. The summed E-state index contributed by atoms with van der Waals surface area (Å²) in [5, 5.41) is 3.80. The molecule has 0 unspecified atom stereocenters. The Kier molecular flexibility index (Phi) is 7.17. The Balaban J connectivity index is 2.38. The monoisotopic (exact) mass is 312 g/mol. The number of ether oxygens (including phenoxy) is 1. The minimum Gasteiger partial charge on any atom is -0.444 e. The molecule has 1 amide bonds. The lowest BCUT2D eigenvalue weighted by atomic mass is 9.88. The molecule has 1 aliphatic heterocycles. The zero-order valence-corrected chi connectivity index (χ0v) is 15.5. The number of hydrogen-bond donors (Lipinski definition) is 1. The van der Waals surface area contributed by atoms with E-state index < -0.39 is 5.60 Å². The topological polar surface area (TPSA) is 41.6 Å². The Morgan fingerprint density at radius 2 is 1.59 bits per heavy atom. The summed E-state index contributed by atoms with van der Waals surface area (Å²) in [5.74, 6) is 0.669. The third-order valence-corrected chi connectivity index (χ3v) is 5.06. The first-order chi connectivity index (χ1) is 10.2. The molecule has 0 aromatic rings. The third-order valence-electron chi connectivity index (χ3n) is 5.06. The van der Waals surface area contributed by atoms with Gasteiger partial charge in [-0.25, -0.2) is 4.79 Å². The molecule has 1 aliphatic rings. The van der Waals surface area contributed by atoms with Gasteiger partial charge in [-0.15, -0.1) is 0 Å². The fourth-order valence-electron chi connectivity index (χ4n) is 3.13. The van der Waals surface area contributed by atoms with Crippen molar-refractivity contribution in [3.8, 4) is 0 Å². The van der Waals surface area contributed by atoms with Crippen molar-refractivity contribution in [2.75, 3.05) is 19.6 Å². The van der Waals surface area contributed by atoms with Crippen LogP contribution in [0.2, 0.25) is 0 Å². The van der Waals surface area contributed by atoms with Gasteiger partial charge in [0, 0.05) is 18.6 Å². The molecule has 130 valence electrons. The van der Waals surface area contributed by atoms with E-state index in [1.165, 1.54) is 19.3 Å². The molecule has 4 nitrogen and oxygen atoms in total. The van der Waals surface area contributed by atoms with E-state index in [0.29, 0.717) is 11.5 Å². The summed E-state index contributed by atoms with van der Waals surface area (Å²) in [4.78, 5) is 13.9. The molecule has 0 aromatic carbocycles. The number of amides is 1. The number of carbonyl (C=O) groups excluding carboxylic acids is 1. The molecule has 4 heteroatoms. The lowest BCUT2D eigenvalue weighted by Gasteiger charge is -2.37. The number of likely N-dealkylation sites (tertiary alicyclic amines) is 1. The smallest absolute Gasteiger partial charge is 0.410 e. The number of hydrogen-bond acceptors (Lipinski definition) is 3. The zero-order chi connectivity index (χ0) is 16.8. The van der Waals surface area contributed by atoms with Gasteiger partial charge in [-0.05, 0) is 65.3 Å². The SMILES string of the molecule is CCC(CC)(CC)NCC1CCN(C(=O)OC(C)(C)C)CC1. The van der Waals surface area contributed by atoms with Gasteiger partial charge in [-0.2, -0.15) is 0 Å². The van der Waals surface area contributed by atoms with Crippen LogP contribution in [-0.2, 0) is 4.74 Å². The second kappa shape index (κ2) is 8.19. The highest BCUT2D eigenvalue weighted by Crippen LogP contribution is 2.23. The molecular formula is C18H36N2O2. The first kappa shape index (κ1) is 19.3. The van der Waals surface area contributed by atoms with Crippen molar-refractivity contribution in [2.45, 2.75) is 84.8 Å². The number of nitrogens with zero attached hydrogens (tertiary/aromatic N) is 1. The van der Waals surface area contributed by atoms with Gasteiger partial charge in [0.1, 0.15) is 5.60 Å². The predicted octanol–water partition coefficient (Wildman–Crippen LogP) is 4.19. The van der Waals surface area contributed by atoms with Crippen molar-refractivity contribution in [3.63, 3.8) is 0 Å². The van der Waals surface area contributed by atoms with Crippen LogP contribution in [0.25, 0.3) is 0 Å². The Bertz CT molecular complexity index is 329. The molecule has 0 aliphatic carbocycles. The van der Waals surface area contributed by atoms with Gasteiger partial charge in [-0.1, -0.05) is 20.8 Å². The predicted molar refractivity (Wildman–Crippen MR) is 92.1 cm³/mol. The minimum absolute atomic E-state index is 0.163. The molecule has 0 bridgehead atoms. The molecule has 1 N–H and O–H groups in total. The second-order valence-corrected chi connectivity index (χ2v) is 7.63. The first-order valence-electron chi connectivity index (χ1n) is 8.98. The Hall–Kier alpha value is -0.770. The number of rotatable bonds is 6. The highest BCUT2D eigenvalue weighted by Gasteiger charge is 2.29. The highest BCUT2D eigenvalue weighted by atomic mass is 16.6. The summed E-state index contributed by atoms with van der Waals surface area (Å²) < 4.78 is 5.45. The molecule has 1 fully saturated rings. The van der Waals surface area contributed by atoms with E-state index in [1.54, 1.807) is 0 Å². The van der Waals surface area contributed by atoms with Crippen LogP contribution in [-0.4, -0.2) is 41.8 Å². The summed E-state index contributed by atoms with van der Waals surface area (Å²) >= 11 is 0. The average molecular weight is 312 g/mol. The largest absolute Gasteiger partial charge is 0.444 e. The molecule has 0 saturated carbocycles. The van der Waals surface area contributed by atoms with Crippen LogP contribution in [0.1, 0.15) is 73.6 Å². The van der Waals surface area contributed by atoms with Crippen LogP contribution in [0.5, 0.6) is 0 Å². The Morgan fingerprint density at radius 1 is 1.09 bits per heavy atom. The lowest BCUT2D eigenvalue weighted by Crippen LogP contribution is -2.48. The molecule has 1 saturated heterocycles. The summed E-state index contributed by atoms with van der Waals surface area (Å²) in [6.07, 6.45) is 5.51. The summed E-state index contributed by atoms with van der Waals surface area (Å²) in [7, 11) is 0. The van der Waals surface area contributed by atoms with Gasteiger partial charge in [-0.3, -0.25) is 0 Å². The third kappa shape index (κ3) is 5.79. The van der Waals surface area contributed by atoms with E-state index >= 15 is 0 Å². The standard InChI is InChI=1S/C18H36N2O2/c1-7-18(8-2,9-3)19-14-15-10-12-20(13-11-15)16(21)22-17(4,5)6/h15,19H,7-14H2,1-6H3. The fourth-order valence-corrected chi connectivity index (χ4v) is 3.13. The van der Waals surface area contributed by atoms with Crippen LogP contribution >= 0.6 is 0 Å². The zero-order valence-electron chi connectivity index (χ0n) is 15.5. The Morgan fingerprint density at radius 3 is 2.00 bits per heavy atom. The van der Waals surface area contributed by atoms with E-state index in [4.69, 9.17) is 4.74 Å². The van der Waals surface area contributed by atoms with E-state index in [0.717, 1.165) is 32.5 Å². The number of nitrogens with one attached hydrogen (secondary N) is 1. The fraction of sp³-hybridized carbons (Fsp3) is 0.944. The van der Waals surface area contributed by atoms with E-state index in [-0.39, 0.29) is 6.09 Å². The number of carbonyl (C=O) groups is 1. The molecule has 0 spiro atoms. The van der Waals surface area contributed by atoms with Crippen LogP contribution in [0, 0.1) is 5.92 Å². The van der Waals surface area contributed by atoms with Gasteiger partial charge in [0.2, 0.25) is 0 Å². The van der Waals surface area contributed by atoms with Crippen molar-refractivity contribution in [1.82, 2.24) is 10.2 Å². The van der Waals surface area contributed by atoms with Crippen LogP contribution in [0.4, 0.5) is 4.79 Å². The Labute approximate surface area is 137 Å². The summed E-state index contributed by atoms with van der Waals surface area (Å²) in [6.45, 7) is 15.3. The minimum atomic E-state index is -0.404. The highest BCUT2D eigenvalue weighted by molar-refractivity contribution is 5.68. The quantitative estimate of drug-likeness (QED) is 0.799. The summed E-state index contributed by atoms with van der Waals surface area (Å²) in [6, 6.07) is 0. The van der Waals surface area contributed by atoms with E-state index in [2.05, 4.69) is 26.1 Å². The molecule has 0 radical (unpaired) electrons. The normalized spacial score (nSPS) is 17.6. The van der Waals surface area contributed by atoms with E-state index in [1.807, 2.05) is 25.7 Å². The molecular weight excluding hydrogens is 276 g/mol. The lowest BCUT2D eigenvalue weighted by molar-refractivity contribution is 0.0181. The first-order valence-corrected chi connectivity index (χ1v) is 8.98. The summed E-state index contributed by atoms with van der Waals surface area (Å²) in [5.41, 5.74) is -0.110. The van der Waals surface area contributed by atoms with Gasteiger partial charge in [0.15, 0.2) is 0 Å². The van der Waals surface area contributed by atoms with Crippen molar-refractivity contribution < 1.29 is 9.53 Å². The molecule has 0 aromatic heterocycles. The van der Waals surface area contributed by atoms with E-state index in [9.17, 15) is 4.79 Å². The average Bonchev–Trinajstić information content (AvgIpc) is 2.48. The maximum atomic E-state index is 12.1. The van der Waals surface area contributed by atoms with Crippen molar-refractivity contribution >= 4 is 6.09 Å². The molecule has 1 rings (SSSR count). The van der Waals surface area contributed by atoms with Gasteiger partial charge < -0.3 is 15.0 Å². The van der Waals surface area contributed by atoms with Gasteiger partial charge in [0.25, 0.3) is 0 Å². The van der Waals surface area contributed by atoms with Crippen LogP contribution in [0.3, 0.4) is 0 Å². The van der Waals surface area contributed by atoms with Crippen molar-refractivity contribution in [1.29, 1.82) is 0 Å². The van der Waals surface area contributed by atoms with Gasteiger partial charge >= 0.3 is 6.09 Å². The van der Waals surface area contributed by atoms with Crippen molar-refractivity contribution in [2.24, 2.45) is 5.92 Å². The van der Waals surface area contributed by atoms with Crippen LogP contribution in [0.15, 0.2) is 0 Å². The van der Waals surface area contributed by atoms with Crippen molar-refractivity contribution in [3.05, 3.63) is 0 Å². The maximum absolute atomic E-state index is 12.1. The molecule has 0 atom stereocenters. The molecule has 22 heavy (non-hydrogen) atoms. The maximum Gasteiger partial charge on any atom is 0.410 e.